The Hall–Kier alpha value is -0.860. The van der Waals surface area contributed by atoms with E-state index in [0.29, 0.717) is 5.92 Å². The van der Waals surface area contributed by atoms with Gasteiger partial charge in [0.25, 0.3) is 0 Å². The lowest BCUT2D eigenvalue weighted by molar-refractivity contribution is 0.284. The zero-order valence-corrected chi connectivity index (χ0v) is 10.2. The summed E-state index contributed by atoms with van der Waals surface area (Å²) < 4.78 is 0. The maximum Gasteiger partial charge on any atom is 0.0443 e. The Balaban J connectivity index is 2.08. The highest BCUT2D eigenvalue weighted by molar-refractivity contribution is 5.14. The van der Waals surface area contributed by atoms with Crippen molar-refractivity contribution in [1.82, 2.24) is 5.32 Å². The van der Waals surface area contributed by atoms with Crippen LogP contribution in [0.4, 0.5) is 0 Å². The SMILES string of the molecule is CC(CCc1ccccc1)CNCCCO. The first-order valence-corrected chi connectivity index (χ1v) is 6.18. The second kappa shape index (κ2) is 8.31. The van der Waals surface area contributed by atoms with Crippen LogP contribution in [0.25, 0.3) is 0 Å². The Kier molecular flexibility index (Phi) is 6.86. The van der Waals surface area contributed by atoms with Crippen molar-refractivity contribution in [3.8, 4) is 0 Å². The van der Waals surface area contributed by atoms with Gasteiger partial charge >= 0.3 is 0 Å². The summed E-state index contributed by atoms with van der Waals surface area (Å²) in [5, 5.41) is 12.0. The summed E-state index contributed by atoms with van der Waals surface area (Å²) in [5.74, 6) is 0.693. The number of aryl methyl sites for hydroxylation is 1. The topological polar surface area (TPSA) is 32.3 Å². The summed E-state index contributed by atoms with van der Waals surface area (Å²) >= 11 is 0. The van der Waals surface area contributed by atoms with Gasteiger partial charge in [-0.2, -0.15) is 0 Å². The molecule has 2 heteroatoms. The quantitative estimate of drug-likeness (QED) is 0.660. The third kappa shape index (κ3) is 5.89. The summed E-state index contributed by atoms with van der Waals surface area (Å²) in [6.07, 6.45) is 3.23. The predicted octanol–water partition coefficient (Wildman–Crippen LogP) is 2.23. The fourth-order valence-electron chi connectivity index (χ4n) is 1.71. The van der Waals surface area contributed by atoms with E-state index in [2.05, 4.69) is 42.6 Å². The third-order valence-electron chi connectivity index (χ3n) is 2.77. The van der Waals surface area contributed by atoms with Gasteiger partial charge in [0.1, 0.15) is 0 Å². The molecule has 0 fully saturated rings. The van der Waals surface area contributed by atoms with Gasteiger partial charge in [0, 0.05) is 6.61 Å². The molecular weight excluding hydrogens is 198 g/mol. The standard InChI is InChI=1S/C14H23NO/c1-13(12-15-10-5-11-16)8-9-14-6-3-2-4-7-14/h2-4,6-7,13,15-16H,5,8-12H2,1H3. The van der Waals surface area contributed by atoms with E-state index >= 15 is 0 Å². The lowest BCUT2D eigenvalue weighted by Gasteiger charge is -2.12. The first-order chi connectivity index (χ1) is 7.83. The van der Waals surface area contributed by atoms with Crippen LogP contribution >= 0.6 is 0 Å². The lowest BCUT2D eigenvalue weighted by atomic mass is 10.0. The molecule has 1 unspecified atom stereocenters. The van der Waals surface area contributed by atoms with Crippen LogP contribution in [0.5, 0.6) is 0 Å². The first-order valence-electron chi connectivity index (χ1n) is 6.18. The van der Waals surface area contributed by atoms with Crippen molar-refractivity contribution < 1.29 is 5.11 Å². The molecule has 0 saturated heterocycles. The molecule has 1 aromatic carbocycles. The molecule has 16 heavy (non-hydrogen) atoms. The third-order valence-corrected chi connectivity index (χ3v) is 2.77. The predicted molar refractivity (Wildman–Crippen MR) is 68.5 cm³/mol. The zero-order valence-electron chi connectivity index (χ0n) is 10.2. The minimum atomic E-state index is 0.283. The average molecular weight is 221 g/mol. The highest BCUT2D eigenvalue weighted by Gasteiger charge is 2.01. The molecule has 1 atom stereocenters. The van der Waals surface area contributed by atoms with Gasteiger partial charge < -0.3 is 10.4 Å². The fraction of sp³-hybridized carbons (Fsp3) is 0.571. The number of hydrogen-bond donors (Lipinski definition) is 2. The molecule has 0 aliphatic rings. The number of hydrogen-bond acceptors (Lipinski definition) is 2. The highest BCUT2D eigenvalue weighted by Crippen LogP contribution is 2.08. The van der Waals surface area contributed by atoms with Crippen molar-refractivity contribution in [3.05, 3.63) is 35.9 Å². The molecule has 2 N–H and O–H groups in total. The normalized spacial score (nSPS) is 12.6. The summed E-state index contributed by atoms with van der Waals surface area (Å²) in [7, 11) is 0. The van der Waals surface area contributed by atoms with E-state index in [1.165, 1.54) is 12.0 Å². The summed E-state index contributed by atoms with van der Waals surface area (Å²) in [5.41, 5.74) is 1.42. The maximum atomic E-state index is 8.64. The van der Waals surface area contributed by atoms with Gasteiger partial charge in [-0.25, -0.2) is 0 Å². The molecule has 2 nitrogen and oxygen atoms in total. The molecule has 0 amide bonds. The Morgan fingerprint density at radius 1 is 1.25 bits per heavy atom. The molecule has 0 radical (unpaired) electrons. The molecule has 1 rings (SSSR count). The van der Waals surface area contributed by atoms with Crippen molar-refractivity contribution in [2.45, 2.75) is 26.2 Å². The largest absolute Gasteiger partial charge is 0.396 e. The molecule has 0 aromatic heterocycles. The molecule has 0 heterocycles. The number of benzene rings is 1. The van der Waals surface area contributed by atoms with Gasteiger partial charge in [0.15, 0.2) is 0 Å². The highest BCUT2D eigenvalue weighted by atomic mass is 16.3. The first kappa shape index (κ1) is 13.2. The van der Waals surface area contributed by atoms with Crippen molar-refractivity contribution >= 4 is 0 Å². The van der Waals surface area contributed by atoms with E-state index in [1.807, 2.05) is 0 Å². The lowest BCUT2D eigenvalue weighted by Crippen LogP contribution is -2.23. The van der Waals surface area contributed by atoms with Gasteiger partial charge in [0.05, 0.1) is 0 Å². The van der Waals surface area contributed by atoms with Crippen molar-refractivity contribution in [1.29, 1.82) is 0 Å². The molecule has 90 valence electrons. The fourth-order valence-corrected chi connectivity index (χ4v) is 1.71. The van der Waals surface area contributed by atoms with Crippen LogP contribution in [0.1, 0.15) is 25.3 Å². The Labute approximate surface area is 98.7 Å². The van der Waals surface area contributed by atoms with Crippen LogP contribution in [0.15, 0.2) is 30.3 Å². The van der Waals surface area contributed by atoms with Gasteiger partial charge in [0.2, 0.25) is 0 Å². The van der Waals surface area contributed by atoms with Crippen molar-refractivity contribution in [2.24, 2.45) is 5.92 Å². The summed E-state index contributed by atoms with van der Waals surface area (Å²) in [6.45, 7) is 4.53. The van der Waals surface area contributed by atoms with Crippen LogP contribution in [0.2, 0.25) is 0 Å². The number of nitrogens with one attached hydrogen (secondary N) is 1. The summed E-state index contributed by atoms with van der Waals surface area (Å²) in [6, 6.07) is 10.6. The zero-order chi connectivity index (χ0) is 11.6. The van der Waals surface area contributed by atoms with Crippen LogP contribution in [-0.2, 0) is 6.42 Å². The Morgan fingerprint density at radius 2 is 2.00 bits per heavy atom. The molecule has 0 spiro atoms. The summed E-state index contributed by atoms with van der Waals surface area (Å²) in [4.78, 5) is 0. The van der Waals surface area contributed by atoms with E-state index < -0.39 is 0 Å². The minimum absolute atomic E-state index is 0.283. The van der Waals surface area contributed by atoms with E-state index in [9.17, 15) is 0 Å². The molecule has 0 saturated carbocycles. The molecule has 0 aliphatic carbocycles. The van der Waals surface area contributed by atoms with Gasteiger partial charge in [-0.3, -0.25) is 0 Å². The monoisotopic (exact) mass is 221 g/mol. The van der Waals surface area contributed by atoms with Crippen LogP contribution in [0, 0.1) is 5.92 Å². The number of aliphatic hydroxyl groups excluding tert-OH is 1. The van der Waals surface area contributed by atoms with Crippen molar-refractivity contribution in [2.75, 3.05) is 19.7 Å². The average Bonchev–Trinajstić information content (AvgIpc) is 2.33. The number of rotatable bonds is 8. The van der Waals surface area contributed by atoms with Gasteiger partial charge in [-0.15, -0.1) is 0 Å². The molecule has 0 aliphatic heterocycles. The molecular formula is C14H23NO. The van der Waals surface area contributed by atoms with E-state index in [1.54, 1.807) is 0 Å². The number of aliphatic hydroxyl groups is 1. The van der Waals surface area contributed by atoms with Gasteiger partial charge in [-0.1, -0.05) is 37.3 Å². The van der Waals surface area contributed by atoms with E-state index in [4.69, 9.17) is 5.11 Å². The van der Waals surface area contributed by atoms with Crippen LogP contribution in [-0.4, -0.2) is 24.8 Å². The van der Waals surface area contributed by atoms with Crippen LogP contribution in [0.3, 0.4) is 0 Å². The van der Waals surface area contributed by atoms with Gasteiger partial charge in [-0.05, 0) is 43.8 Å². The van der Waals surface area contributed by atoms with Crippen LogP contribution < -0.4 is 5.32 Å². The minimum Gasteiger partial charge on any atom is -0.396 e. The molecule has 1 aromatic rings. The Bertz CT molecular complexity index is 261. The van der Waals surface area contributed by atoms with E-state index in [0.717, 1.165) is 25.9 Å². The smallest absolute Gasteiger partial charge is 0.0443 e. The molecule has 0 bridgehead atoms. The second-order valence-electron chi connectivity index (χ2n) is 4.41. The Morgan fingerprint density at radius 3 is 2.69 bits per heavy atom. The maximum absolute atomic E-state index is 8.64. The van der Waals surface area contributed by atoms with Crippen molar-refractivity contribution in [3.63, 3.8) is 0 Å². The van der Waals surface area contributed by atoms with E-state index in [-0.39, 0.29) is 6.61 Å². The second-order valence-corrected chi connectivity index (χ2v) is 4.41.